The summed E-state index contributed by atoms with van der Waals surface area (Å²) in [6.07, 6.45) is 0.545. The zero-order valence-electron chi connectivity index (χ0n) is 19.9. The van der Waals surface area contributed by atoms with E-state index in [-0.39, 0.29) is 12.6 Å². The third kappa shape index (κ3) is 5.49. The second-order valence-electron chi connectivity index (χ2n) is 8.56. The molecule has 1 aliphatic heterocycles. The minimum Gasteiger partial charge on any atom is -0.482 e. The highest BCUT2D eigenvalue weighted by Crippen LogP contribution is 2.33. The van der Waals surface area contributed by atoms with Gasteiger partial charge in [-0.25, -0.2) is 9.80 Å². The first-order valence-electron chi connectivity index (χ1n) is 11.8. The van der Waals surface area contributed by atoms with Gasteiger partial charge in [-0.15, -0.1) is 0 Å². The lowest BCUT2D eigenvalue weighted by atomic mass is 9.97. The third-order valence-corrected chi connectivity index (χ3v) is 6.13. The summed E-state index contributed by atoms with van der Waals surface area (Å²) in [5.41, 5.74) is 3.18. The fourth-order valence-electron chi connectivity index (χ4n) is 4.24. The van der Waals surface area contributed by atoms with Crippen molar-refractivity contribution >= 4 is 28.4 Å². The van der Waals surface area contributed by atoms with Crippen LogP contribution < -0.4 is 4.74 Å². The summed E-state index contributed by atoms with van der Waals surface area (Å²) in [5, 5.41) is 17.2. The van der Waals surface area contributed by atoms with Crippen molar-refractivity contribution in [3.05, 3.63) is 114 Å². The van der Waals surface area contributed by atoms with Gasteiger partial charge in [0, 0.05) is 6.42 Å². The summed E-state index contributed by atoms with van der Waals surface area (Å²) >= 11 is 0. The summed E-state index contributed by atoms with van der Waals surface area (Å²) in [7, 11) is 0. The van der Waals surface area contributed by atoms with E-state index in [9.17, 15) is 9.59 Å². The number of amides is 1. The van der Waals surface area contributed by atoms with Crippen LogP contribution in [0.3, 0.4) is 0 Å². The molecule has 37 heavy (non-hydrogen) atoms. The van der Waals surface area contributed by atoms with Crippen molar-refractivity contribution in [2.45, 2.75) is 12.5 Å². The Kier molecular flexibility index (Phi) is 6.91. The first-order valence-corrected chi connectivity index (χ1v) is 11.8. The Labute approximate surface area is 214 Å². The second-order valence-corrected chi connectivity index (χ2v) is 8.56. The van der Waals surface area contributed by atoms with Crippen molar-refractivity contribution in [2.75, 3.05) is 13.2 Å². The molecule has 7 nitrogen and oxygen atoms in total. The molecule has 0 spiro atoms. The van der Waals surface area contributed by atoms with E-state index in [1.54, 1.807) is 24.3 Å². The highest BCUT2D eigenvalue weighted by Gasteiger charge is 2.33. The number of carbonyl (C=O) groups is 2. The van der Waals surface area contributed by atoms with E-state index in [2.05, 4.69) is 17.2 Å². The molecular weight excluding hydrogens is 466 g/mol. The molecule has 1 amide bonds. The molecule has 5 rings (SSSR count). The predicted molar refractivity (Wildman–Crippen MR) is 139 cm³/mol. The molecule has 182 valence electrons. The minimum absolute atomic E-state index is 0.302. The zero-order valence-corrected chi connectivity index (χ0v) is 19.9. The van der Waals surface area contributed by atoms with E-state index in [4.69, 9.17) is 14.7 Å². The monoisotopic (exact) mass is 489 g/mol. The molecular formula is C30H23N3O4. The molecule has 0 radical (unpaired) electrons. The lowest BCUT2D eigenvalue weighted by Crippen LogP contribution is -2.32. The first-order chi connectivity index (χ1) is 18.1. The Morgan fingerprint density at radius 2 is 1.62 bits per heavy atom. The number of nitrogens with zero attached hydrogens (tertiary/aromatic N) is 3. The van der Waals surface area contributed by atoms with Gasteiger partial charge in [-0.1, -0.05) is 66.7 Å². The molecule has 0 aromatic heterocycles. The molecule has 0 saturated heterocycles. The van der Waals surface area contributed by atoms with Crippen LogP contribution in [0.5, 0.6) is 5.75 Å². The molecule has 0 fully saturated rings. The number of esters is 1. The lowest BCUT2D eigenvalue weighted by molar-refractivity contribution is -0.154. The van der Waals surface area contributed by atoms with Gasteiger partial charge < -0.3 is 9.47 Å². The molecule has 0 N–H and O–H groups in total. The van der Waals surface area contributed by atoms with Gasteiger partial charge in [-0.3, -0.25) is 4.79 Å². The predicted octanol–water partition coefficient (Wildman–Crippen LogP) is 5.01. The number of benzene rings is 4. The van der Waals surface area contributed by atoms with Crippen LogP contribution in [0.2, 0.25) is 0 Å². The smallest absolute Gasteiger partial charge is 0.344 e. The van der Waals surface area contributed by atoms with Crippen LogP contribution in [0.4, 0.5) is 0 Å². The number of hydrogen-bond donors (Lipinski definition) is 0. The summed E-state index contributed by atoms with van der Waals surface area (Å²) in [4.78, 5) is 25.4. The van der Waals surface area contributed by atoms with Gasteiger partial charge in [-0.05, 0) is 52.2 Å². The van der Waals surface area contributed by atoms with Gasteiger partial charge in [0.15, 0.2) is 13.2 Å². The van der Waals surface area contributed by atoms with Crippen LogP contribution >= 0.6 is 0 Å². The van der Waals surface area contributed by atoms with Crippen LogP contribution in [0, 0.1) is 11.3 Å². The van der Waals surface area contributed by atoms with Gasteiger partial charge in [0.1, 0.15) is 5.75 Å². The van der Waals surface area contributed by atoms with Gasteiger partial charge in [-0.2, -0.15) is 10.4 Å². The van der Waals surface area contributed by atoms with Crippen LogP contribution in [0.15, 0.2) is 102 Å². The molecule has 7 heteroatoms. The number of rotatable bonds is 7. The standard InChI is InChI=1S/C30H23N3O4/c31-18-21-10-14-26(15-11-21)36-20-30(35)37-19-29(34)33-28(23-7-2-1-3-8-23)17-27(32-33)25-13-12-22-6-4-5-9-24(22)16-25/h1-16,28H,17,19-20H2. The van der Waals surface area contributed by atoms with E-state index in [0.29, 0.717) is 17.7 Å². The number of hydrazone groups is 1. The number of ether oxygens (including phenoxy) is 2. The maximum absolute atomic E-state index is 13.1. The maximum atomic E-state index is 13.1. The fourth-order valence-corrected chi connectivity index (χ4v) is 4.24. The largest absolute Gasteiger partial charge is 0.482 e. The topological polar surface area (TPSA) is 92.0 Å². The van der Waals surface area contributed by atoms with E-state index >= 15 is 0 Å². The normalized spacial score (nSPS) is 14.6. The summed E-state index contributed by atoms with van der Waals surface area (Å²) in [6.45, 7) is -0.805. The number of carbonyl (C=O) groups excluding carboxylic acids is 2. The van der Waals surface area contributed by atoms with Crippen molar-refractivity contribution in [1.82, 2.24) is 5.01 Å². The maximum Gasteiger partial charge on any atom is 0.344 e. The molecule has 1 unspecified atom stereocenters. The molecule has 1 atom stereocenters. The van der Waals surface area contributed by atoms with E-state index in [1.807, 2.05) is 66.7 Å². The summed E-state index contributed by atoms with van der Waals surface area (Å²) in [5.74, 6) is -0.668. The van der Waals surface area contributed by atoms with Gasteiger partial charge in [0.05, 0.1) is 23.4 Å². The quantitative estimate of drug-likeness (QED) is 0.340. The summed E-state index contributed by atoms with van der Waals surface area (Å²) in [6, 6.07) is 32.0. The highest BCUT2D eigenvalue weighted by atomic mass is 16.6. The average molecular weight is 490 g/mol. The Morgan fingerprint density at radius 1 is 0.892 bits per heavy atom. The van der Waals surface area contributed by atoms with Crippen LogP contribution in [-0.2, 0) is 14.3 Å². The summed E-state index contributed by atoms with van der Waals surface area (Å²) < 4.78 is 10.6. The zero-order chi connectivity index (χ0) is 25.6. The van der Waals surface area contributed by atoms with Crippen molar-refractivity contribution < 1.29 is 19.1 Å². The molecule has 0 saturated carbocycles. The Bertz CT molecular complexity index is 1510. The van der Waals surface area contributed by atoms with Crippen LogP contribution in [0.1, 0.15) is 29.2 Å². The van der Waals surface area contributed by atoms with Crippen molar-refractivity contribution in [3.63, 3.8) is 0 Å². The van der Waals surface area contributed by atoms with Gasteiger partial charge in [0.25, 0.3) is 5.91 Å². The molecule has 1 aliphatic rings. The number of nitriles is 1. The molecule has 0 aliphatic carbocycles. The van der Waals surface area contributed by atoms with Gasteiger partial charge >= 0.3 is 5.97 Å². The molecule has 4 aromatic rings. The number of fused-ring (bicyclic) bond motifs is 1. The Hall–Kier alpha value is -4.96. The molecule has 4 aromatic carbocycles. The van der Waals surface area contributed by atoms with Crippen molar-refractivity contribution in [2.24, 2.45) is 5.10 Å². The first kappa shape index (κ1) is 23.8. The van der Waals surface area contributed by atoms with Crippen LogP contribution in [0.25, 0.3) is 10.8 Å². The fraction of sp³-hybridized carbons (Fsp3) is 0.133. The van der Waals surface area contributed by atoms with E-state index in [1.165, 1.54) is 5.01 Å². The highest BCUT2D eigenvalue weighted by molar-refractivity contribution is 6.05. The van der Waals surface area contributed by atoms with Crippen molar-refractivity contribution in [1.29, 1.82) is 5.26 Å². The molecule has 1 heterocycles. The number of hydrogen-bond acceptors (Lipinski definition) is 6. The van der Waals surface area contributed by atoms with Gasteiger partial charge in [0.2, 0.25) is 0 Å². The lowest BCUT2D eigenvalue weighted by Gasteiger charge is -2.21. The Balaban J connectivity index is 1.28. The Morgan fingerprint density at radius 3 is 2.38 bits per heavy atom. The van der Waals surface area contributed by atoms with Crippen LogP contribution in [-0.4, -0.2) is 35.8 Å². The average Bonchev–Trinajstić information content (AvgIpc) is 3.41. The van der Waals surface area contributed by atoms with E-state index < -0.39 is 18.5 Å². The molecule has 0 bridgehead atoms. The van der Waals surface area contributed by atoms with E-state index in [0.717, 1.165) is 27.6 Å². The van der Waals surface area contributed by atoms with Crippen molar-refractivity contribution in [3.8, 4) is 11.8 Å². The minimum atomic E-state index is -0.674. The second kappa shape index (κ2) is 10.8. The SMILES string of the molecule is N#Cc1ccc(OCC(=O)OCC(=O)N2N=C(c3ccc4ccccc4c3)CC2c2ccccc2)cc1. The third-order valence-electron chi connectivity index (χ3n) is 6.13.